The first kappa shape index (κ1) is 86.9. The lowest BCUT2D eigenvalue weighted by Gasteiger charge is -2.26. The largest absolute Gasteiger partial charge is 0.545 e. The smallest absolute Gasteiger partial charge is 0.306 e. The second kappa shape index (κ2) is 71.7. The number of carbonyl (C=O) groups is 3. The molecule has 0 amide bonds. The van der Waals surface area contributed by atoms with Crippen LogP contribution in [0.4, 0.5) is 0 Å². The molecular formula is C84H131NO8. The molecule has 2 atom stereocenters. The van der Waals surface area contributed by atoms with Crippen molar-refractivity contribution in [1.82, 2.24) is 0 Å². The summed E-state index contributed by atoms with van der Waals surface area (Å²) in [5.74, 6) is -2.33. The minimum Gasteiger partial charge on any atom is -0.545 e. The van der Waals surface area contributed by atoms with E-state index in [9.17, 15) is 19.5 Å². The van der Waals surface area contributed by atoms with Crippen molar-refractivity contribution in [3.8, 4) is 0 Å². The van der Waals surface area contributed by atoms with Crippen LogP contribution < -0.4 is 5.11 Å². The molecule has 0 fully saturated rings. The predicted octanol–water partition coefficient (Wildman–Crippen LogP) is 21.8. The lowest BCUT2D eigenvalue weighted by molar-refractivity contribution is -0.870. The summed E-state index contributed by atoms with van der Waals surface area (Å²) < 4.78 is 22.8. The van der Waals surface area contributed by atoms with Crippen molar-refractivity contribution < 1.29 is 42.9 Å². The summed E-state index contributed by atoms with van der Waals surface area (Å²) in [6.07, 6.45) is 109. The van der Waals surface area contributed by atoms with E-state index in [4.69, 9.17) is 18.9 Å². The third-order valence-electron chi connectivity index (χ3n) is 14.5. The van der Waals surface area contributed by atoms with Gasteiger partial charge < -0.3 is 33.3 Å². The van der Waals surface area contributed by atoms with E-state index in [1.807, 2.05) is 21.1 Å². The fourth-order valence-electron chi connectivity index (χ4n) is 9.07. The number of carboxylic acid groups (broad SMARTS) is 1. The zero-order valence-corrected chi connectivity index (χ0v) is 59.3. The Kier molecular flexibility index (Phi) is 67.0. The second-order valence-electron chi connectivity index (χ2n) is 24.4. The van der Waals surface area contributed by atoms with Crippen LogP contribution in [-0.4, -0.2) is 82.3 Å². The van der Waals surface area contributed by atoms with E-state index in [1.165, 1.54) is 32.1 Å². The summed E-state index contributed by atoms with van der Waals surface area (Å²) in [4.78, 5) is 37.5. The third kappa shape index (κ3) is 73.1. The molecule has 0 aromatic rings. The molecule has 520 valence electrons. The molecule has 0 saturated heterocycles. The fourth-order valence-corrected chi connectivity index (χ4v) is 9.07. The maximum Gasteiger partial charge on any atom is 0.306 e. The minimum atomic E-state index is -1.64. The maximum absolute atomic E-state index is 12.9. The lowest BCUT2D eigenvalue weighted by atomic mass is 10.1. The minimum absolute atomic E-state index is 0.132. The Hall–Kier alpha value is -6.13. The van der Waals surface area contributed by atoms with Gasteiger partial charge in [-0.1, -0.05) is 291 Å². The van der Waals surface area contributed by atoms with E-state index >= 15 is 0 Å². The number of aliphatic carboxylic acids is 1. The molecule has 0 saturated carbocycles. The number of quaternary nitrogens is 1. The number of allylic oxidation sites excluding steroid dienone is 34. The van der Waals surface area contributed by atoms with E-state index in [0.29, 0.717) is 17.4 Å². The van der Waals surface area contributed by atoms with Crippen LogP contribution in [0.3, 0.4) is 0 Å². The summed E-state index contributed by atoms with van der Waals surface area (Å²) in [6.45, 7) is 4.47. The van der Waals surface area contributed by atoms with Crippen molar-refractivity contribution in [2.24, 2.45) is 0 Å². The molecule has 0 aromatic heterocycles. The van der Waals surface area contributed by atoms with Crippen molar-refractivity contribution in [1.29, 1.82) is 0 Å². The molecule has 2 unspecified atom stereocenters. The first-order valence-corrected chi connectivity index (χ1v) is 36.2. The molecule has 0 rings (SSSR count). The molecule has 93 heavy (non-hydrogen) atoms. The van der Waals surface area contributed by atoms with Gasteiger partial charge in [-0.05, 0) is 148 Å². The summed E-state index contributed by atoms with van der Waals surface area (Å²) >= 11 is 0. The van der Waals surface area contributed by atoms with Gasteiger partial charge in [-0.2, -0.15) is 0 Å². The van der Waals surface area contributed by atoms with Gasteiger partial charge in [0.05, 0.1) is 40.3 Å². The molecule has 0 aliphatic heterocycles. The second-order valence-corrected chi connectivity index (χ2v) is 24.4. The average molecular weight is 1280 g/mol. The Morgan fingerprint density at radius 3 is 0.860 bits per heavy atom. The molecule has 0 heterocycles. The van der Waals surface area contributed by atoms with E-state index < -0.39 is 24.3 Å². The Balaban J connectivity index is 4.25. The first-order chi connectivity index (χ1) is 45.6. The van der Waals surface area contributed by atoms with Crippen LogP contribution in [0.15, 0.2) is 207 Å². The van der Waals surface area contributed by atoms with Crippen molar-refractivity contribution in [3.05, 3.63) is 207 Å². The van der Waals surface area contributed by atoms with Crippen molar-refractivity contribution in [2.45, 2.75) is 257 Å². The zero-order chi connectivity index (χ0) is 67.5. The van der Waals surface area contributed by atoms with Crippen molar-refractivity contribution in [2.75, 3.05) is 47.5 Å². The SMILES string of the molecule is CC/C=C\C/C=C\C/C=C\C/C=C\C/C=C\C/C=C\C/C=C\C/C=C\C/C=C\C/C=C\CCCCCCCCC(=O)OC(COC(=O)CCCCCCCCCCC/C=C\C/C=C\C/C=C\C/C=C\C/C=C\C/C=C\C/C=C\CC)COC(OCC[N+](C)(C)C)C(=O)[O-]. The molecule has 0 aliphatic rings. The molecule has 0 radical (unpaired) electrons. The fraction of sp³-hybridized carbons (Fsp3) is 0.560. The third-order valence-corrected chi connectivity index (χ3v) is 14.5. The van der Waals surface area contributed by atoms with Crippen LogP contribution in [0.5, 0.6) is 0 Å². The van der Waals surface area contributed by atoms with Crippen LogP contribution in [0, 0.1) is 0 Å². The van der Waals surface area contributed by atoms with E-state index in [0.717, 1.165) is 180 Å². The number of rotatable bonds is 64. The summed E-state index contributed by atoms with van der Waals surface area (Å²) in [7, 11) is 5.91. The van der Waals surface area contributed by atoms with Gasteiger partial charge in [0.15, 0.2) is 12.4 Å². The normalized spacial score (nSPS) is 13.9. The molecule has 9 heteroatoms. The van der Waals surface area contributed by atoms with E-state index in [-0.39, 0.29) is 38.6 Å². The summed E-state index contributed by atoms with van der Waals surface area (Å²) in [5.41, 5.74) is 0. The Morgan fingerprint density at radius 1 is 0.323 bits per heavy atom. The molecule has 9 nitrogen and oxygen atoms in total. The number of hydrogen-bond donors (Lipinski definition) is 0. The van der Waals surface area contributed by atoms with E-state index in [2.05, 4.69) is 220 Å². The van der Waals surface area contributed by atoms with Gasteiger partial charge in [-0.15, -0.1) is 0 Å². The number of carboxylic acids is 1. The Labute approximate surface area is 569 Å². The van der Waals surface area contributed by atoms with Crippen LogP contribution >= 0.6 is 0 Å². The number of unbranched alkanes of at least 4 members (excludes halogenated alkanes) is 15. The number of ether oxygens (including phenoxy) is 4. The van der Waals surface area contributed by atoms with Gasteiger partial charge in [0.25, 0.3) is 0 Å². The molecule has 0 spiro atoms. The van der Waals surface area contributed by atoms with Crippen LogP contribution in [0.2, 0.25) is 0 Å². The maximum atomic E-state index is 12.9. The van der Waals surface area contributed by atoms with Crippen LogP contribution in [-0.2, 0) is 33.3 Å². The number of nitrogens with zero attached hydrogens (tertiary/aromatic N) is 1. The Bertz CT molecular complexity index is 2280. The topological polar surface area (TPSA) is 111 Å². The highest BCUT2D eigenvalue weighted by atomic mass is 16.7. The lowest BCUT2D eigenvalue weighted by Crippen LogP contribution is -2.44. The number of hydrogen-bond acceptors (Lipinski definition) is 8. The van der Waals surface area contributed by atoms with Gasteiger partial charge in [-0.3, -0.25) is 9.59 Å². The molecule has 0 aromatic carbocycles. The molecule has 0 bridgehead atoms. The molecular weight excluding hydrogens is 1150 g/mol. The van der Waals surface area contributed by atoms with Gasteiger partial charge in [0, 0.05) is 12.8 Å². The van der Waals surface area contributed by atoms with Gasteiger partial charge in [-0.25, -0.2) is 0 Å². The Morgan fingerprint density at radius 2 is 0.581 bits per heavy atom. The quantitative estimate of drug-likeness (QED) is 0.0195. The highest BCUT2D eigenvalue weighted by Crippen LogP contribution is 2.15. The van der Waals surface area contributed by atoms with Crippen LogP contribution in [0.1, 0.15) is 245 Å². The van der Waals surface area contributed by atoms with E-state index in [1.54, 1.807) is 0 Å². The predicted molar refractivity (Wildman–Crippen MR) is 397 cm³/mol. The standard InChI is InChI=1S/C84H131NO8/c1-6-8-10-12-14-16-18-20-22-24-26-28-30-32-34-36-38-39-40-41-42-43-45-47-49-51-53-55-57-59-61-63-65-67-69-71-73-75-82(87)93-80(79-92-84(83(88)89)90-77-76-85(3,4)5)78-91-81(86)74-72-70-68-66-64-62-60-58-56-54-52-50-48-46-44-37-35-33-31-29-27-25-23-21-19-17-15-13-11-9-7-2/h8-11,14-17,20-23,26-29,32-35,38-39,41-42,44-47,50-53,57,59,80,84H,6-7,12-13,18-19,24-25,30-31,36-37,40,43,48-49,54-56,58,60-79H2,1-5H3/b10-8-,11-9-,16-14-,17-15-,22-20-,23-21-,28-26-,29-27-,34-32-,35-33-,39-38-,42-41-,46-44-,47-45-,52-50-,53-51-,59-57-. The van der Waals surface area contributed by atoms with Crippen molar-refractivity contribution in [3.63, 3.8) is 0 Å². The highest BCUT2D eigenvalue weighted by Gasteiger charge is 2.22. The summed E-state index contributed by atoms with van der Waals surface area (Å²) in [5, 5.41) is 11.8. The van der Waals surface area contributed by atoms with Gasteiger partial charge in [0.1, 0.15) is 13.2 Å². The van der Waals surface area contributed by atoms with Gasteiger partial charge >= 0.3 is 11.9 Å². The number of likely N-dealkylation sites (N-methyl/N-ethyl adjacent to an activating group) is 1. The first-order valence-electron chi connectivity index (χ1n) is 36.2. The number of carbonyl (C=O) groups excluding carboxylic acids is 3. The monoisotopic (exact) mass is 1280 g/mol. The zero-order valence-electron chi connectivity index (χ0n) is 59.3. The van der Waals surface area contributed by atoms with Crippen molar-refractivity contribution >= 4 is 17.9 Å². The van der Waals surface area contributed by atoms with Crippen LogP contribution in [0.25, 0.3) is 0 Å². The summed E-state index contributed by atoms with van der Waals surface area (Å²) in [6, 6.07) is 0. The molecule has 0 aliphatic carbocycles. The molecule has 0 N–H and O–H groups in total. The highest BCUT2D eigenvalue weighted by molar-refractivity contribution is 5.70. The number of esters is 2. The average Bonchev–Trinajstić information content (AvgIpc) is 3.73. The van der Waals surface area contributed by atoms with Gasteiger partial charge in [0.2, 0.25) is 0 Å².